The summed E-state index contributed by atoms with van der Waals surface area (Å²) in [5.41, 5.74) is 6.15. The first-order chi connectivity index (χ1) is 9.60. The lowest BCUT2D eigenvalue weighted by molar-refractivity contribution is 0.230. The molecule has 0 saturated carbocycles. The van der Waals surface area contributed by atoms with Gasteiger partial charge in [-0.05, 0) is 32.0 Å². The highest BCUT2D eigenvalue weighted by Crippen LogP contribution is 2.49. The Morgan fingerprint density at radius 1 is 1.25 bits per heavy atom. The Hall–Kier alpha value is -1.62. The zero-order valence-corrected chi connectivity index (χ0v) is 12.3. The molecule has 0 radical (unpaired) electrons. The summed E-state index contributed by atoms with van der Waals surface area (Å²) >= 11 is 0. The van der Waals surface area contributed by atoms with Gasteiger partial charge in [0.2, 0.25) is 0 Å². The van der Waals surface area contributed by atoms with Gasteiger partial charge < -0.3 is 19.2 Å². The van der Waals surface area contributed by atoms with Crippen LogP contribution in [0.2, 0.25) is 0 Å². The molecule has 2 aromatic rings. The van der Waals surface area contributed by atoms with E-state index in [2.05, 4.69) is 4.98 Å². The molecular formula is C13H17N2O4P. The van der Waals surface area contributed by atoms with Crippen molar-refractivity contribution in [1.29, 1.82) is 0 Å². The van der Waals surface area contributed by atoms with Crippen LogP contribution in [0.1, 0.15) is 13.8 Å². The summed E-state index contributed by atoms with van der Waals surface area (Å²) in [7, 11) is -3.42. The van der Waals surface area contributed by atoms with Gasteiger partial charge in [0, 0.05) is 0 Å². The van der Waals surface area contributed by atoms with Crippen LogP contribution in [0.15, 0.2) is 34.9 Å². The van der Waals surface area contributed by atoms with Crippen molar-refractivity contribution in [3.63, 3.8) is 0 Å². The lowest BCUT2D eigenvalue weighted by atomic mass is 10.3. The predicted octanol–water partition coefficient (Wildman–Crippen LogP) is 2.82. The summed E-state index contributed by atoms with van der Waals surface area (Å²) in [5.74, 6) is 0.704. The van der Waals surface area contributed by atoms with E-state index in [9.17, 15) is 4.57 Å². The molecule has 0 spiro atoms. The molecule has 0 amide bonds. The molecule has 0 aromatic carbocycles. The number of aromatic nitrogens is 1. The molecule has 20 heavy (non-hydrogen) atoms. The third kappa shape index (κ3) is 2.93. The second-order valence-electron chi connectivity index (χ2n) is 3.92. The topological polar surface area (TPSA) is 87.6 Å². The van der Waals surface area contributed by atoms with E-state index < -0.39 is 7.60 Å². The van der Waals surface area contributed by atoms with Crippen LogP contribution in [0, 0.1) is 0 Å². The van der Waals surface area contributed by atoms with E-state index in [1.807, 2.05) is 0 Å². The fourth-order valence-electron chi connectivity index (χ4n) is 1.80. The Labute approximate surface area is 117 Å². The Morgan fingerprint density at radius 2 is 1.95 bits per heavy atom. The predicted molar refractivity (Wildman–Crippen MR) is 76.8 cm³/mol. The number of hydrogen-bond donors (Lipinski definition) is 1. The van der Waals surface area contributed by atoms with Crippen molar-refractivity contribution < 1.29 is 18.0 Å². The van der Waals surface area contributed by atoms with Gasteiger partial charge in [-0.25, -0.2) is 4.98 Å². The summed E-state index contributed by atoms with van der Waals surface area (Å²) in [6.45, 7) is 4.05. The van der Waals surface area contributed by atoms with Gasteiger partial charge in [0.25, 0.3) is 0 Å². The molecule has 108 valence electrons. The van der Waals surface area contributed by atoms with E-state index in [0.29, 0.717) is 22.6 Å². The third-order valence-corrected chi connectivity index (χ3v) is 4.68. The minimum absolute atomic E-state index is 0.270. The molecule has 0 saturated heterocycles. The van der Waals surface area contributed by atoms with Crippen LogP contribution < -0.4 is 11.0 Å². The smallest absolute Gasteiger partial charge is 0.365 e. The molecule has 0 atom stereocenters. The fraction of sp³-hybridized carbons (Fsp3) is 0.308. The molecule has 0 aliphatic carbocycles. The van der Waals surface area contributed by atoms with Crippen molar-refractivity contribution >= 4 is 18.7 Å². The van der Waals surface area contributed by atoms with Gasteiger partial charge in [0.05, 0.1) is 19.5 Å². The van der Waals surface area contributed by atoms with Crippen LogP contribution in [0.4, 0.5) is 5.82 Å². The number of nitrogens with two attached hydrogens (primary N) is 1. The Kier molecular flexibility index (Phi) is 4.60. The highest BCUT2D eigenvalue weighted by Gasteiger charge is 2.32. The minimum Gasteiger partial charge on any atom is -0.462 e. The highest BCUT2D eigenvalue weighted by molar-refractivity contribution is 7.62. The lowest BCUT2D eigenvalue weighted by Gasteiger charge is -2.16. The Morgan fingerprint density at radius 3 is 2.55 bits per heavy atom. The maximum atomic E-state index is 12.8. The minimum atomic E-state index is -3.42. The first kappa shape index (κ1) is 14.8. The molecular weight excluding hydrogens is 279 g/mol. The number of nitrogens with zero attached hydrogens (tertiary/aromatic N) is 1. The molecule has 7 heteroatoms. The summed E-state index contributed by atoms with van der Waals surface area (Å²) in [5, 5.41) is 0.360. The van der Waals surface area contributed by atoms with Crippen molar-refractivity contribution in [1.82, 2.24) is 4.98 Å². The van der Waals surface area contributed by atoms with E-state index in [1.54, 1.807) is 38.1 Å². The van der Waals surface area contributed by atoms with Crippen molar-refractivity contribution in [3.05, 3.63) is 30.5 Å². The zero-order chi connectivity index (χ0) is 14.6. The second kappa shape index (κ2) is 6.22. The largest absolute Gasteiger partial charge is 0.462 e. The monoisotopic (exact) mass is 296 g/mol. The van der Waals surface area contributed by atoms with Crippen LogP contribution in [0.3, 0.4) is 0 Å². The summed E-state index contributed by atoms with van der Waals surface area (Å²) in [6, 6.07) is 6.71. The number of furan rings is 1. The van der Waals surface area contributed by atoms with Gasteiger partial charge in [-0.1, -0.05) is 6.07 Å². The first-order valence-corrected chi connectivity index (χ1v) is 7.85. The normalized spacial score (nSPS) is 11.7. The molecule has 0 unspecified atom stereocenters. The molecule has 0 fully saturated rings. The summed E-state index contributed by atoms with van der Waals surface area (Å²) in [4.78, 5) is 4.16. The number of rotatable bonds is 6. The number of pyridine rings is 1. The lowest BCUT2D eigenvalue weighted by Crippen LogP contribution is -2.11. The van der Waals surface area contributed by atoms with Crippen LogP contribution in [-0.4, -0.2) is 18.2 Å². The first-order valence-electron chi connectivity index (χ1n) is 6.30. The zero-order valence-electron chi connectivity index (χ0n) is 11.4. The van der Waals surface area contributed by atoms with Crippen molar-refractivity contribution in [3.8, 4) is 11.5 Å². The van der Waals surface area contributed by atoms with Crippen molar-refractivity contribution in [2.24, 2.45) is 0 Å². The molecule has 2 rings (SSSR count). The molecule has 0 aliphatic heterocycles. The SMILES string of the molecule is CCOP(=O)(OCC)c1ccoc1-c1cccc(N)n1. The summed E-state index contributed by atoms with van der Waals surface area (Å²) in [6.07, 6.45) is 1.43. The van der Waals surface area contributed by atoms with E-state index >= 15 is 0 Å². The van der Waals surface area contributed by atoms with Crippen LogP contribution in [0.5, 0.6) is 0 Å². The standard InChI is InChI=1S/C13H17N2O4P/c1-3-18-20(16,19-4-2)11-8-9-17-13(11)10-6-5-7-12(14)15-10/h5-9H,3-4H2,1-2H3,(H2,14,15). The average molecular weight is 296 g/mol. The molecule has 6 nitrogen and oxygen atoms in total. The number of hydrogen-bond acceptors (Lipinski definition) is 6. The number of anilines is 1. The quantitative estimate of drug-likeness (QED) is 0.825. The average Bonchev–Trinajstić information content (AvgIpc) is 2.89. The van der Waals surface area contributed by atoms with Crippen molar-refractivity contribution in [2.75, 3.05) is 18.9 Å². The van der Waals surface area contributed by atoms with Crippen molar-refractivity contribution in [2.45, 2.75) is 13.8 Å². The Bertz CT molecular complexity index is 616. The Balaban J connectivity index is 2.49. The van der Waals surface area contributed by atoms with Gasteiger partial charge in [0.15, 0.2) is 5.76 Å². The summed E-state index contributed by atoms with van der Waals surface area (Å²) < 4.78 is 28.8. The highest BCUT2D eigenvalue weighted by atomic mass is 31.2. The molecule has 0 aliphatic rings. The van der Waals surface area contributed by atoms with Gasteiger partial charge in [0.1, 0.15) is 16.8 Å². The van der Waals surface area contributed by atoms with E-state index in [4.69, 9.17) is 19.2 Å². The molecule has 2 heterocycles. The molecule has 0 bridgehead atoms. The van der Waals surface area contributed by atoms with E-state index in [0.717, 1.165) is 0 Å². The van der Waals surface area contributed by atoms with Crippen LogP contribution >= 0.6 is 7.60 Å². The van der Waals surface area contributed by atoms with Gasteiger partial charge in [-0.2, -0.15) is 0 Å². The van der Waals surface area contributed by atoms with Gasteiger partial charge in [-0.15, -0.1) is 0 Å². The maximum Gasteiger partial charge on any atom is 0.365 e. The molecule has 2 N–H and O–H groups in total. The van der Waals surface area contributed by atoms with E-state index in [1.165, 1.54) is 6.26 Å². The third-order valence-electron chi connectivity index (χ3n) is 2.54. The maximum absolute atomic E-state index is 12.8. The van der Waals surface area contributed by atoms with Gasteiger partial charge >= 0.3 is 7.60 Å². The second-order valence-corrected chi connectivity index (χ2v) is 5.91. The fourth-order valence-corrected chi connectivity index (χ4v) is 3.50. The van der Waals surface area contributed by atoms with Gasteiger partial charge in [-0.3, -0.25) is 4.57 Å². The van der Waals surface area contributed by atoms with Crippen LogP contribution in [-0.2, 0) is 13.6 Å². The molecule has 2 aromatic heterocycles. The van der Waals surface area contributed by atoms with Crippen LogP contribution in [0.25, 0.3) is 11.5 Å². The van der Waals surface area contributed by atoms with E-state index in [-0.39, 0.29) is 13.2 Å². The number of nitrogen functional groups attached to an aromatic ring is 1.